The van der Waals surface area contributed by atoms with Gasteiger partial charge < -0.3 is 8.92 Å². The Hall–Kier alpha value is -2.45. The lowest BCUT2D eigenvalue weighted by atomic mass is 10.2. The van der Waals surface area contributed by atoms with E-state index in [9.17, 15) is 26.4 Å². The zero-order valence-corrected chi connectivity index (χ0v) is 14.7. The molecule has 11 heteroatoms. The molecule has 7 nitrogen and oxygen atoms in total. The number of hydrogen-bond acceptors (Lipinski definition) is 5. The van der Waals surface area contributed by atoms with E-state index in [1.807, 2.05) is 6.11 Å². The SMILES string of the molecule is CCCNS(=O)(=O)OC#CC(C)OC(=O)Nc1cccc(C(F)(F)F)c1. The van der Waals surface area contributed by atoms with Crippen molar-refractivity contribution in [2.24, 2.45) is 0 Å². The highest BCUT2D eigenvalue weighted by Crippen LogP contribution is 2.30. The van der Waals surface area contributed by atoms with Gasteiger partial charge in [0.1, 0.15) is 6.11 Å². The van der Waals surface area contributed by atoms with Gasteiger partial charge in [-0.05, 0) is 37.5 Å². The molecule has 0 radical (unpaired) electrons. The van der Waals surface area contributed by atoms with Crippen molar-refractivity contribution in [2.75, 3.05) is 11.9 Å². The molecule has 1 aromatic rings. The molecule has 2 N–H and O–H groups in total. The van der Waals surface area contributed by atoms with Crippen LogP contribution in [0.4, 0.5) is 23.7 Å². The Kier molecular flexibility index (Phi) is 7.73. The van der Waals surface area contributed by atoms with Crippen LogP contribution in [0.1, 0.15) is 25.8 Å². The molecule has 1 atom stereocenters. The maximum atomic E-state index is 12.6. The molecule has 0 fully saturated rings. The third-order valence-corrected chi connectivity index (χ3v) is 3.52. The molecule has 1 amide bonds. The van der Waals surface area contributed by atoms with Gasteiger partial charge in [-0.3, -0.25) is 5.32 Å². The molecule has 0 spiro atoms. The first-order chi connectivity index (χ1) is 12.0. The number of carbonyl (C=O) groups is 1. The number of benzene rings is 1. The van der Waals surface area contributed by atoms with Crippen molar-refractivity contribution in [2.45, 2.75) is 32.5 Å². The molecule has 1 unspecified atom stereocenters. The van der Waals surface area contributed by atoms with Crippen LogP contribution in [-0.2, 0) is 25.4 Å². The fourth-order valence-corrected chi connectivity index (χ4v) is 2.20. The molecular weight excluding hydrogens is 377 g/mol. The fraction of sp³-hybridized carbons (Fsp3) is 0.400. The van der Waals surface area contributed by atoms with E-state index in [0.29, 0.717) is 6.42 Å². The molecule has 26 heavy (non-hydrogen) atoms. The molecule has 0 aliphatic rings. The van der Waals surface area contributed by atoms with E-state index in [2.05, 4.69) is 20.1 Å². The van der Waals surface area contributed by atoms with Gasteiger partial charge in [0.25, 0.3) is 0 Å². The van der Waals surface area contributed by atoms with Crippen LogP contribution in [0.2, 0.25) is 0 Å². The standard InChI is InChI=1S/C15H17F3N2O5S/c1-3-8-19-26(22,23)24-9-7-11(2)25-14(21)20-13-6-4-5-12(10-13)15(16,17)18/h4-6,10-11,19H,3,8H2,1-2H3,(H,20,21). The number of hydrogen-bond donors (Lipinski definition) is 2. The maximum Gasteiger partial charge on any atom is 0.416 e. The van der Waals surface area contributed by atoms with E-state index in [1.165, 1.54) is 13.0 Å². The van der Waals surface area contributed by atoms with Crippen LogP contribution < -0.4 is 10.0 Å². The third-order valence-electron chi connectivity index (χ3n) is 2.66. The summed E-state index contributed by atoms with van der Waals surface area (Å²) < 4.78 is 71.6. The Morgan fingerprint density at radius 3 is 2.65 bits per heavy atom. The number of rotatable bonds is 6. The van der Waals surface area contributed by atoms with Gasteiger partial charge >= 0.3 is 22.6 Å². The predicted octanol–water partition coefficient (Wildman–Crippen LogP) is 2.86. The van der Waals surface area contributed by atoms with E-state index in [1.54, 1.807) is 6.92 Å². The second-order valence-corrected chi connectivity index (χ2v) is 6.29. The minimum atomic E-state index is -4.55. The van der Waals surface area contributed by atoms with Crippen LogP contribution in [0.5, 0.6) is 0 Å². The molecule has 0 bridgehead atoms. The Morgan fingerprint density at radius 1 is 1.35 bits per heavy atom. The molecule has 0 saturated carbocycles. The van der Waals surface area contributed by atoms with E-state index < -0.39 is 34.2 Å². The van der Waals surface area contributed by atoms with Gasteiger partial charge in [-0.1, -0.05) is 13.0 Å². The normalized spacial score (nSPS) is 12.5. The number of ether oxygens (including phenoxy) is 1. The highest BCUT2D eigenvalue weighted by Gasteiger charge is 2.30. The Labute approximate surface area is 149 Å². The highest BCUT2D eigenvalue weighted by molar-refractivity contribution is 7.84. The van der Waals surface area contributed by atoms with E-state index >= 15 is 0 Å². The second-order valence-electron chi connectivity index (χ2n) is 4.93. The minimum absolute atomic E-state index is 0.118. The molecule has 1 aromatic carbocycles. The second kappa shape index (κ2) is 9.30. The lowest BCUT2D eigenvalue weighted by Gasteiger charge is -2.11. The van der Waals surface area contributed by atoms with Gasteiger partial charge in [0.15, 0.2) is 6.10 Å². The first-order valence-corrected chi connectivity index (χ1v) is 8.78. The van der Waals surface area contributed by atoms with Gasteiger partial charge in [-0.2, -0.15) is 26.3 Å². The highest BCUT2D eigenvalue weighted by atomic mass is 32.2. The van der Waals surface area contributed by atoms with Crippen LogP contribution in [0.25, 0.3) is 0 Å². The van der Waals surface area contributed by atoms with Gasteiger partial charge in [-0.15, -0.1) is 0 Å². The van der Waals surface area contributed by atoms with Gasteiger partial charge in [0.2, 0.25) is 0 Å². The Balaban J connectivity index is 2.57. The van der Waals surface area contributed by atoms with Crippen LogP contribution in [0.15, 0.2) is 24.3 Å². The minimum Gasteiger partial charge on any atom is -0.433 e. The number of anilines is 1. The summed E-state index contributed by atoms with van der Waals surface area (Å²) in [4.78, 5) is 11.6. The van der Waals surface area contributed by atoms with Crippen molar-refractivity contribution < 1.29 is 35.3 Å². The largest absolute Gasteiger partial charge is 0.433 e. The summed E-state index contributed by atoms with van der Waals surface area (Å²) >= 11 is 0. The number of alkyl halides is 3. The van der Waals surface area contributed by atoms with Crippen molar-refractivity contribution in [3.8, 4) is 12.0 Å². The smallest absolute Gasteiger partial charge is 0.416 e. The predicted molar refractivity (Wildman–Crippen MR) is 87.1 cm³/mol. The van der Waals surface area contributed by atoms with Crippen molar-refractivity contribution in [3.63, 3.8) is 0 Å². The van der Waals surface area contributed by atoms with Gasteiger partial charge in [0.05, 0.1) is 5.56 Å². The van der Waals surface area contributed by atoms with E-state index in [4.69, 9.17) is 4.74 Å². The van der Waals surface area contributed by atoms with E-state index in [-0.39, 0.29) is 12.2 Å². The average Bonchev–Trinajstić information content (AvgIpc) is 2.52. The van der Waals surface area contributed by atoms with Crippen LogP contribution in [0, 0.1) is 12.0 Å². The molecule has 144 valence electrons. The fourth-order valence-electron chi connectivity index (χ4n) is 1.53. The molecule has 0 aromatic heterocycles. The lowest BCUT2D eigenvalue weighted by Crippen LogP contribution is -2.25. The summed E-state index contributed by atoms with van der Waals surface area (Å²) in [6, 6.07) is 3.98. The van der Waals surface area contributed by atoms with Crippen molar-refractivity contribution in [1.29, 1.82) is 0 Å². The molecular formula is C15H17F3N2O5S. The van der Waals surface area contributed by atoms with Crippen molar-refractivity contribution in [3.05, 3.63) is 29.8 Å². The number of carbonyl (C=O) groups excluding carboxylic acids is 1. The summed E-state index contributed by atoms with van der Waals surface area (Å²) in [6.45, 7) is 3.26. The van der Waals surface area contributed by atoms with Crippen LogP contribution in [-0.4, -0.2) is 27.2 Å². The Bertz CT molecular complexity index is 784. The van der Waals surface area contributed by atoms with Gasteiger partial charge in [0, 0.05) is 12.2 Å². The zero-order chi connectivity index (χ0) is 19.8. The monoisotopic (exact) mass is 394 g/mol. The van der Waals surface area contributed by atoms with Crippen molar-refractivity contribution in [1.82, 2.24) is 4.72 Å². The number of halogens is 3. The number of amides is 1. The first kappa shape index (κ1) is 21.6. The molecule has 0 heterocycles. The summed E-state index contributed by atoms with van der Waals surface area (Å²) in [5.41, 5.74) is -1.05. The summed E-state index contributed by atoms with van der Waals surface area (Å²) in [6.07, 6.45) is -4.23. The third kappa shape index (κ3) is 8.09. The summed E-state index contributed by atoms with van der Waals surface area (Å²) in [7, 11) is -4.02. The quantitative estimate of drug-likeness (QED) is 0.724. The first-order valence-electron chi connectivity index (χ1n) is 7.37. The maximum absolute atomic E-state index is 12.6. The molecule has 0 saturated heterocycles. The molecule has 0 aliphatic heterocycles. The summed E-state index contributed by atoms with van der Waals surface area (Å²) in [5, 5.41) is 2.12. The zero-order valence-electron chi connectivity index (χ0n) is 13.9. The lowest BCUT2D eigenvalue weighted by molar-refractivity contribution is -0.137. The molecule has 1 rings (SSSR count). The van der Waals surface area contributed by atoms with Crippen molar-refractivity contribution >= 4 is 22.1 Å². The Morgan fingerprint density at radius 2 is 2.04 bits per heavy atom. The van der Waals surface area contributed by atoms with E-state index in [0.717, 1.165) is 18.2 Å². The molecule has 0 aliphatic carbocycles. The average molecular weight is 394 g/mol. The van der Waals surface area contributed by atoms with Crippen LogP contribution >= 0.6 is 0 Å². The van der Waals surface area contributed by atoms with Crippen LogP contribution in [0.3, 0.4) is 0 Å². The van der Waals surface area contributed by atoms with Gasteiger partial charge in [-0.25, -0.2) is 4.79 Å². The topological polar surface area (TPSA) is 93.7 Å². The number of nitrogens with one attached hydrogen (secondary N) is 2. The summed E-state index contributed by atoms with van der Waals surface area (Å²) in [5.74, 6) is 2.21.